The Morgan fingerprint density at radius 3 is 2.42 bits per heavy atom. The molecule has 3 heteroatoms. The van der Waals surface area contributed by atoms with Crippen molar-refractivity contribution >= 4 is 0 Å². The molecule has 2 rings (SSSR count). The van der Waals surface area contributed by atoms with E-state index in [1.807, 2.05) is 31.2 Å². The number of halogens is 1. The van der Waals surface area contributed by atoms with Gasteiger partial charge in [-0.2, -0.15) is 0 Å². The predicted octanol–water partition coefficient (Wildman–Crippen LogP) is 3.52. The maximum atomic E-state index is 13.9. The Balaban J connectivity index is 2.24. The molecule has 2 aromatic rings. The van der Waals surface area contributed by atoms with E-state index in [1.165, 1.54) is 5.56 Å². The fraction of sp³-hybridized carbons (Fsp3) is 0.250. The number of hydrogen-bond acceptors (Lipinski definition) is 2. The van der Waals surface area contributed by atoms with Crippen molar-refractivity contribution in [2.75, 3.05) is 6.54 Å². The minimum Gasteiger partial charge on any atom is -0.481 e. The molecule has 0 bridgehead atoms. The lowest BCUT2D eigenvalue weighted by atomic mass is 10.1. The molecule has 1 unspecified atom stereocenters. The Labute approximate surface area is 113 Å². The number of nitrogens with two attached hydrogens (primary N) is 1. The standard InChI is InChI=1S/C16H18FNO/c1-11-6-8-13(9-7-11)15(10-18)19-14-5-3-4-12(2)16(14)17/h3-9,15H,10,18H2,1-2H3. The number of aryl methyl sites for hydroxylation is 2. The number of hydrogen-bond donors (Lipinski definition) is 1. The Hall–Kier alpha value is -1.87. The molecule has 0 aliphatic rings. The van der Waals surface area contributed by atoms with Crippen LogP contribution in [0.4, 0.5) is 4.39 Å². The van der Waals surface area contributed by atoms with Gasteiger partial charge in [0.15, 0.2) is 11.6 Å². The van der Waals surface area contributed by atoms with Crippen molar-refractivity contribution in [2.45, 2.75) is 20.0 Å². The summed E-state index contributed by atoms with van der Waals surface area (Å²) in [6.45, 7) is 4.03. The van der Waals surface area contributed by atoms with Crippen LogP contribution in [-0.2, 0) is 0 Å². The molecule has 100 valence electrons. The zero-order chi connectivity index (χ0) is 13.8. The Bertz CT molecular complexity index is 551. The van der Waals surface area contributed by atoms with Crippen molar-refractivity contribution in [1.82, 2.24) is 0 Å². The van der Waals surface area contributed by atoms with Gasteiger partial charge in [0.25, 0.3) is 0 Å². The smallest absolute Gasteiger partial charge is 0.167 e. The van der Waals surface area contributed by atoms with Crippen LogP contribution in [0.25, 0.3) is 0 Å². The highest BCUT2D eigenvalue weighted by molar-refractivity contribution is 5.31. The normalized spacial score (nSPS) is 12.2. The Morgan fingerprint density at radius 2 is 1.79 bits per heavy atom. The molecule has 0 fully saturated rings. The molecule has 2 aromatic carbocycles. The highest BCUT2D eigenvalue weighted by Crippen LogP contribution is 2.25. The van der Waals surface area contributed by atoms with Gasteiger partial charge in [0.1, 0.15) is 6.10 Å². The molecule has 2 N–H and O–H groups in total. The summed E-state index contributed by atoms with van der Waals surface area (Å²) in [5.74, 6) is -0.0795. The largest absolute Gasteiger partial charge is 0.481 e. The third-order valence-electron chi connectivity index (χ3n) is 3.09. The number of rotatable bonds is 4. The predicted molar refractivity (Wildman–Crippen MR) is 74.7 cm³/mol. The summed E-state index contributed by atoms with van der Waals surface area (Å²) in [4.78, 5) is 0. The van der Waals surface area contributed by atoms with Crippen LogP contribution >= 0.6 is 0 Å². The van der Waals surface area contributed by atoms with Crippen molar-refractivity contribution in [3.8, 4) is 5.75 Å². The van der Waals surface area contributed by atoms with Crippen LogP contribution in [0.2, 0.25) is 0 Å². The molecular formula is C16H18FNO. The van der Waals surface area contributed by atoms with Gasteiger partial charge in [-0.05, 0) is 31.0 Å². The maximum Gasteiger partial charge on any atom is 0.167 e. The molecule has 0 aromatic heterocycles. The van der Waals surface area contributed by atoms with E-state index >= 15 is 0 Å². The molecule has 19 heavy (non-hydrogen) atoms. The van der Waals surface area contributed by atoms with Crippen LogP contribution in [0.1, 0.15) is 22.8 Å². The van der Waals surface area contributed by atoms with Gasteiger partial charge in [0, 0.05) is 6.54 Å². The summed E-state index contributed by atoms with van der Waals surface area (Å²) in [5.41, 5.74) is 8.42. The first-order valence-corrected chi connectivity index (χ1v) is 6.30. The van der Waals surface area contributed by atoms with Gasteiger partial charge < -0.3 is 10.5 Å². The fourth-order valence-corrected chi connectivity index (χ4v) is 1.90. The lowest BCUT2D eigenvalue weighted by Crippen LogP contribution is -2.19. The molecule has 2 nitrogen and oxygen atoms in total. The van der Waals surface area contributed by atoms with Gasteiger partial charge >= 0.3 is 0 Å². The topological polar surface area (TPSA) is 35.2 Å². The zero-order valence-corrected chi connectivity index (χ0v) is 11.2. The van der Waals surface area contributed by atoms with Gasteiger partial charge in [-0.3, -0.25) is 0 Å². The first kappa shape index (κ1) is 13.6. The van der Waals surface area contributed by atoms with E-state index in [0.717, 1.165) is 5.56 Å². The second kappa shape index (κ2) is 5.85. The van der Waals surface area contributed by atoms with E-state index in [1.54, 1.807) is 25.1 Å². The summed E-state index contributed by atoms with van der Waals surface area (Å²) >= 11 is 0. The SMILES string of the molecule is Cc1ccc(C(CN)Oc2cccc(C)c2F)cc1. The average Bonchev–Trinajstić information content (AvgIpc) is 2.42. The third kappa shape index (κ3) is 3.12. The Kier molecular flexibility index (Phi) is 4.17. The van der Waals surface area contributed by atoms with Gasteiger partial charge in [-0.1, -0.05) is 42.0 Å². The highest BCUT2D eigenvalue weighted by atomic mass is 19.1. The van der Waals surface area contributed by atoms with Crippen molar-refractivity contribution in [1.29, 1.82) is 0 Å². The van der Waals surface area contributed by atoms with Gasteiger partial charge in [0.2, 0.25) is 0 Å². The summed E-state index contributed by atoms with van der Waals surface area (Å²) in [7, 11) is 0. The molecule has 0 aliphatic carbocycles. The van der Waals surface area contributed by atoms with Gasteiger partial charge in [0.05, 0.1) is 0 Å². The summed E-state index contributed by atoms with van der Waals surface area (Å²) in [6.07, 6.45) is -0.336. The molecule has 0 amide bonds. The number of ether oxygens (including phenoxy) is 1. The maximum absolute atomic E-state index is 13.9. The van der Waals surface area contributed by atoms with Crippen LogP contribution in [-0.4, -0.2) is 6.54 Å². The molecule has 0 aliphatic heterocycles. The van der Waals surface area contributed by atoms with Crippen molar-refractivity contribution in [3.63, 3.8) is 0 Å². The first-order valence-electron chi connectivity index (χ1n) is 6.30. The van der Waals surface area contributed by atoms with Crippen LogP contribution < -0.4 is 10.5 Å². The lowest BCUT2D eigenvalue weighted by molar-refractivity contribution is 0.204. The lowest BCUT2D eigenvalue weighted by Gasteiger charge is -2.19. The molecule has 0 radical (unpaired) electrons. The summed E-state index contributed by atoms with van der Waals surface area (Å²) in [6, 6.07) is 13.0. The van der Waals surface area contributed by atoms with Crippen LogP contribution in [0.3, 0.4) is 0 Å². The second-order valence-corrected chi connectivity index (χ2v) is 4.64. The molecule has 0 spiro atoms. The van der Waals surface area contributed by atoms with Crippen LogP contribution in [0.15, 0.2) is 42.5 Å². The molecular weight excluding hydrogens is 241 g/mol. The van der Waals surface area contributed by atoms with E-state index in [0.29, 0.717) is 12.1 Å². The minimum atomic E-state index is -0.336. The summed E-state index contributed by atoms with van der Waals surface area (Å²) in [5, 5.41) is 0. The average molecular weight is 259 g/mol. The van der Waals surface area contributed by atoms with E-state index in [-0.39, 0.29) is 17.7 Å². The minimum absolute atomic E-state index is 0.246. The molecule has 0 saturated heterocycles. The van der Waals surface area contributed by atoms with E-state index < -0.39 is 0 Å². The number of benzene rings is 2. The molecule has 1 atom stereocenters. The fourth-order valence-electron chi connectivity index (χ4n) is 1.90. The van der Waals surface area contributed by atoms with E-state index in [2.05, 4.69) is 0 Å². The van der Waals surface area contributed by atoms with E-state index in [9.17, 15) is 4.39 Å². The molecule has 0 saturated carbocycles. The summed E-state index contributed by atoms with van der Waals surface area (Å²) < 4.78 is 19.6. The van der Waals surface area contributed by atoms with Crippen LogP contribution in [0, 0.1) is 19.7 Å². The van der Waals surface area contributed by atoms with Crippen molar-refractivity contribution in [2.24, 2.45) is 5.73 Å². The monoisotopic (exact) mass is 259 g/mol. The van der Waals surface area contributed by atoms with Gasteiger partial charge in [-0.15, -0.1) is 0 Å². The first-order chi connectivity index (χ1) is 9.11. The van der Waals surface area contributed by atoms with Crippen LogP contribution in [0.5, 0.6) is 5.75 Å². The second-order valence-electron chi connectivity index (χ2n) is 4.64. The van der Waals surface area contributed by atoms with Crippen molar-refractivity contribution < 1.29 is 9.13 Å². The van der Waals surface area contributed by atoms with E-state index in [4.69, 9.17) is 10.5 Å². The van der Waals surface area contributed by atoms with Crippen molar-refractivity contribution in [3.05, 3.63) is 65.0 Å². The molecule has 0 heterocycles. The third-order valence-corrected chi connectivity index (χ3v) is 3.09. The zero-order valence-electron chi connectivity index (χ0n) is 11.2. The van der Waals surface area contributed by atoms with Gasteiger partial charge in [-0.25, -0.2) is 4.39 Å². The quantitative estimate of drug-likeness (QED) is 0.911. The Morgan fingerprint density at radius 1 is 1.11 bits per heavy atom. The highest BCUT2D eigenvalue weighted by Gasteiger charge is 2.14.